The van der Waals surface area contributed by atoms with Gasteiger partial charge in [-0.25, -0.2) is 0 Å². The molecule has 6 heteroatoms. The number of carbonyl (C=O) groups excluding carboxylic acids is 2. The van der Waals surface area contributed by atoms with E-state index in [1.54, 1.807) is 19.9 Å². The van der Waals surface area contributed by atoms with Crippen molar-refractivity contribution in [1.82, 2.24) is 0 Å². The molecule has 0 amide bonds. The summed E-state index contributed by atoms with van der Waals surface area (Å²) in [4.78, 5) is 34.8. The second-order valence-corrected chi connectivity index (χ2v) is 5.68. The van der Waals surface area contributed by atoms with E-state index >= 15 is 0 Å². The molecule has 1 heterocycles. The number of non-ortho nitro benzene ring substituents is 1. The molecule has 0 aromatic heterocycles. The van der Waals surface area contributed by atoms with Crippen LogP contribution in [-0.4, -0.2) is 16.7 Å². The molecule has 0 N–H and O–H groups in total. The van der Waals surface area contributed by atoms with Crippen LogP contribution in [0.5, 0.6) is 0 Å². The van der Waals surface area contributed by atoms with E-state index < -0.39 is 28.3 Å². The highest BCUT2D eigenvalue weighted by atomic mass is 16.6. The molecule has 0 spiro atoms. The van der Waals surface area contributed by atoms with Crippen molar-refractivity contribution in [3.8, 4) is 0 Å². The zero-order chi connectivity index (χ0) is 15.8. The third-order valence-electron chi connectivity index (χ3n) is 3.91. The zero-order valence-electron chi connectivity index (χ0n) is 12.2. The summed E-state index contributed by atoms with van der Waals surface area (Å²) >= 11 is 0. The van der Waals surface area contributed by atoms with Crippen LogP contribution < -0.4 is 0 Å². The number of carbonyl (C=O) groups is 2. The lowest BCUT2D eigenvalue weighted by atomic mass is 9.74. The van der Waals surface area contributed by atoms with Crippen LogP contribution in [0.4, 0.5) is 5.69 Å². The lowest BCUT2D eigenvalue weighted by Crippen LogP contribution is -2.47. The number of Topliss-reactive ketones (excluding diaryl/α,β-unsaturated/α-hetero) is 1. The Morgan fingerprint density at radius 2 is 2.00 bits per heavy atom. The van der Waals surface area contributed by atoms with Crippen molar-refractivity contribution in [2.45, 2.75) is 33.3 Å². The number of hydrogen-bond acceptors (Lipinski definition) is 5. The third-order valence-corrected chi connectivity index (χ3v) is 3.91. The summed E-state index contributed by atoms with van der Waals surface area (Å²) in [7, 11) is 0. The first-order valence-corrected chi connectivity index (χ1v) is 6.78. The molecular formula is C15H17NO5. The summed E-state index contributed by atoms with van der Waals surface area (Å²) in [6, 6.07) is 5.88. The number of ether oxygens (including phenoxy) is 1. The van der Waals surface area contributed by atoms with Crippen molar-refractivity contribution in [2.24, 2.45) is 11.3 Å². The largest absolute Gasteiger partial charge is 0.456 e. The highest BCUT2D eigenvalue weighted by molar-refractivity contribution is 6.06. The van der Waals surface area contributed by atoms with Gasteiger partial charge < -0.3 is 4.74 Å². The second-order valence-electron chi connectivity index (χ2n) is 5.68. The van der Waals surface area contributed by atoms with Gasteiger partial charge in [0.1, 0.15) is 11.5 Å². The highest BCUT2D eigenvalue weighted by Crippen LogP contribution is 2.41. The lowest BCUT2D eigenvalue weighted by molar-refractivity contribution is -0.385. The fraction of sp³-hybridized carbons (Fsp3) is 0.467. The number of nitro benzene ring substituents is 1. The van der Waals surface area contributed by atoms with Gasteiger partial charge in [0.05, 0.1) is 10.8 Å². The highest BCUT2D eigenvalue weighted by Gasteiger charge is 2.50. The van der Waals surface area contributed by atoms with E-state index in [0.717, 1.165) is 0 Å². The zero-order valence-corrected chi connectivity index (χ0v) is 12.2. The Bertz CT molecular complexity index is 608. The summed E-state index contributed by atoms with van der Waals surface area (Å²) in [5.41, 5.74) is -0.776. The van der Waals surface area contributed by atoms with Crippen molar-refractivity contribution >= 4 is 17.4 Å². The molecule has 1 aromatic rings. The molecule has 1 aliphatic rings. The Morgan fingerprint density at radius 1 is 1.33 bits per heavy atom. The van der Waals surface area contributed by atoms with E-state index in [2.05, 4.69) is 0 Å². The summed E-state index contributed by atoms with van der Waals surface area (Å²) in [5.74, 6) is -1.26. The van der Waals surface area contributed by atoms with Gasteiger partial charge in [-0.1, -0.05) is 19.1 Å². The van der Waals surface area contributed by atoms with Crippen molar-refractivity contribution in [1.29, 1.82) is 0 Å². The molecule has 1 aromatic carbocycles. The van der Waals surface area contributed by atoms with Gasteiger partial charge in [0.2, 0.25) is 0 Å². The van der Waals surface area contributed by atoms with E-state index in [-0.39, 0.29) is 11.5 Å². The topological polar surface area (TPSA) is 86.5 Å². The maximum atomic E-state index is 12.5. The quantitative estimate of drug-likeness (QED) is 0.370. The van der Waals surface area contributed by atoms with E-state index in [1.165, 1.54) is 18.2 Å². The number of benzene rings is 1. The molecule has 0 aliphatic carbocycles. The van der Waals surface area contributed by atoms with Crippen molar-refractivity contribution in [2.75, 3.05) is 0 Å². The number of hydrogen-bond donors (Lipinski definition) is 0. The summed E-state index contributed by atoms with van der Waals surface area (Å²) in [6.07, 6.45) is -0.258. The molecule has 0 unspecified atom stereocenters. The summed E-state index contributed by atoms with van der Waals surface area (Å²) < 4.78 is 5.41. The minimum atomic E-state index is -1.17. The number of nitrogens with zero attached hydrogens (tertiary/aromatic N) is 1. The van der Waals surface area contributed by atoms with Gasteiger partial charge in [-0.05, 0) is 25.8 Å². The van der Waals surface area contributed by atoms with Crippen LogP contribution in [0.2, 0.25) is 0 Å². The molecule has 0 saturated carbocycles. The summed E-state index contributed by atoms with van der Waals surface area (Å²) in [6.45, 7) is 4.93. The van der Waals surface area contributed by atoms with Gasteiger partial charge in [0.25, 0.3) is 5.69 Å². The monoisotopic (exact) mass is 291 g/mol. The summed E-state index contributed by atoms with van der Waals surface area (Å²) in [5, 5.41) is 10.8. The van der Waals surface area contributed by atoms with Gasteiger partial charge in [-0.2, -0.15) is 0 Å². The first-order chi connectivity index (χ1) is 9.78. The van der Waals surface area contributed by atoms with Gasteiger partial charge in [0.15, 0.2) is 5.78 Å². The lowest BCUT2D eigenvalue weighted by Gasteiger charge is -2.37. The molecule has 112 valence electrons. The second kappa shape index (κ2) is 5.27. The Balaban J connectivity index is 2.43. The van der Waals surface area contributed by atoms with Crippen molar-refractivity contribution in [3.05, 3.63) is 39.9 Å². The average Bonchev–Trinajstić information content (AvgIpc) is 2.45. The smallest absolute Gasteiger partial charge is 0.319 e. The average molecular weight is 291 g/mol. The van der Waals surface area contributed by atoms with Crippen LogP contribution in [0.15, 0.2) is 24.3 Å². The fourth-order valence-corrected chi connectivity index (χ4v) is 2.56. The Kier molecular flexibility index (Phi) is 3.80. The number of ketones is 1. The van der Waals surface area contributed by atoms with Crippen LogP contribution in [0.25, 0.3) is 0 Å². The van der Waals surface area contributed by atoms with E-state index in [9.17, 15) is 19.7 Å². The van der Waals surface area contributed by atoms with Crippen LogP contribution >= 0.6 is 0 Å². The molecule has 2 atom stereocenters. The van der Waals surface area contributed by atoms with E-state index in [0.29, 0.717) is 12.0 Å². The molecule has 0 radical (unpaired) electrons. The number of rotatable bonds is 3. The Labute approximate surface area is 122 Å². The van der Waals surface area contributed by atoms with Crippen LogP contribution in [0, 0.1) is 21.4 Å². The Morgan fingerprint density at radius 3 is 2.57 bits per heavy atom. The maximum absolute atomic E-state index is 12.5. The SMILES string of the molecule is CC[C@H]1C(=O)C(C)(C)C(=O)O[C@@H]1c1cccc([N+](=O)[O-])c1. The molecule has 1 aliphatic heterocycles. The third kappa shape index (κ3) is 2.53. The fourth-order valence-electron chi connectivity index (χ4n) is 2.56. The minimum Gasteiger partial charge on any atom is -0.456 e. The predicted molar refractivity (Wildman–Crippen MR) is 74.5 cm³/mol. The van der Waals surface area contributed by atoms with Crippen molar-refractivity contribution in [3.63, 3.8) is 0 Å². The molecule has 21 heavy (non-hydrogen) atoms. The Hall–Kier alpha value is -2.24. The van der Waals surface area contributed by atoms with Crippen LogP contribution in [0.1, 0.15) is 38.9 Å². The normalized spacial score (nSPS) is 24.5. The molecule has 6 nitrogen and oxygen atoms in total. The van der Waals surface area contributed by atoms with Crippen LogP contribution in [0.3, 0.4) is 0 Å². The predicted octanol–water partition coefficient (Wildman–Crippen LogP) is 2.81. The van der Waals surface area contributed by atoms with Gasteiger partial charge in [-0.15, -0.1) is 0 Å². The maximum Gasteiger partial charge on any atom is 0.319 e. The molecule has 2 rings (SSSR count). The molecule has 1 saturated heterocycles. The van der Waals surface area contributed by atoms with E-state index in [4.69, 9.17) is 4.74 Å². The molecule has 0 bridgehead atoms. The molecule has 1 fully saturated rings. The number of nitro groups is 1. The van der Waals surface area contributed by atoms with E-state index in [1.807, 2.05) is 6.92 Å². The minimum absolute atomic E-state index is 0.0873. The van der Waals surface area contributed by atoms with Gasteiger partial charge >= 0.3 is 5.97 Å². The standard InChI is InChI=1S/C15H17NO5/c1-4-11-12(21-14(18)15(2,3)13(11)17)9-6-5-7-10(8-9)16(19)20/h5-8,11-12H,4H2,1-3H3/t11-,12-/m1/s1. The first-order valence-electron chi connectivity index (χ1n) is 6.78. The first kappa shape index (κ1) is 15.2. The van der Waals surface area contributed by atoms with Crippen LogP contribution in [-0.2, 0) is 14.3 Å². The number of esters is 1. The molecular weight excluding hydrogens is 274 g/mol. The van der Waals surface area contributed by atoms with Gasteiger partial charge in [-0.3, -0.25) is 19.7 Å². The van der Waals surface area contributed by atoms with Crippen molar-refractivity contribution < 1.29 is 19.2 Å². The van der Waals surface area contributed by atoms with Gasteiger partial charge in [0, 0.05) is 12.1 Å². The number of cyclic esters (lactones) is 1.